The van der Waals surface area contributed by atoms with Gasteiger partial charge < -0.3 is 0 Å². The summed E-state index contributed by atoms with van der Waals surface area (Å²) >= 11 is 0. The van der Waals surface area contributed by atoms with Crippen LogP contribution in [0.1, 0.15) is 11.1 Å². The Balaban J connectivity index is 1.95. The van der Waals surface area contributed by atoms with Crippen molar-refractivity contribution in [1.29, 1.82) is 5.26 Å². The van der Waals surface area contributed by atoms with Crippen LogP contribution in [0.3, 0.4) is 0 Å². The molecule has 2 heteroatoms. The van der Waals surface area contributed by atoms with Gasteiger partial charge in [-0.3, -0.25) is 4.90 Å². The van der Waals surface area contributed by atoms with E-state index in [1.54, 1.807) is 0 Å². The summed E-state index contributed by atoms with van der Waals surface area (Å²) < 4.78 is 0. The molecule has 0 unspecified atom stereocenters. The standard InChI is InChI=1S/C13H14N2/c14-8-7-12-3-5-13(6-4-12)11-15-9-1-2-10-15/h1-6H,7,9-11H2. The van der Waals surface area contributed by atoms with Gasteiger partial charge in [-0.05, 0) is 11.1 Å². The third kappa shape index (κ3) is 2.68. The summed E-state index contributed by atoms with van der Waals surface area (Å²) in [6, 6.07) is 10.5. The predicted octanol–water partition coefficient (Wildman–Crippen LogP) is 2.12. The van der Waals surface area contributed by atoms with Crippen molar-refractivity contribution in [2.24, 2.45) is 0 Å². The van der Waals surface area contributed by atoms with Gasteiger partial charge in [-0.25, -0.2) is 0 Å². The van der Waals surface area contributed by atoms with Gasteiger partial charge in [0.2, 0.25) is 0 Å². The monoisotopic (exact) mass is 198 g/mol. The molecule has 0 saturated heterocycles. The van der Waals surface area contributed by atoms with E-state index >= 15 is 0 Å². The fourth-order valence-electron chi connectivity index (χ4n) is 1.76. The van der Waals surface area contributed by atoms with Crippen molar-refractivity contribution < 1.29 is 0 Å². The molecule has 0 atom stereocenters. The lowest BCUT2D eigenvalue weighted by molar-refractivity contribution is 0.345. The van der Waals surface area contributed by atoms with E-state index in [2.05, 4.69) is 35.3 Å². The van der Waals surface area contributed by atoms with Crippen molar-refractivity contribution in [3.63, 3.8) is 0 Å². The van der Waals surface area contributed by atoms with E-state index in [1.165, 1.54) is 5.56 Å². The van der Waals surface area contributed by atoms with Crippen LogP contribution in [0.5, 0.6) is 0 Å². The summed E-state index contributed by atoms with van der Waals surface area (Å²) in [5.41, 5.74) is 2.42. The molecule has 0 aromatic heterocycles. The van der Waals surface area contributed by atoms with Crippen LogP contribution in [0.15, 0.2) is 36.4 Å². The van der Waals surface area contributed by atoms with Crippen molar-refractivity contribution in [3.8, 4) is 6.07 Å². The van der Waals surface area contributed by atoms with Crippen LogP contribution in [0.25, 0.3) is 0 Å². The highest BCUT2D eigenvalue weighted by atomic mass is 15.1. The smallest absolute Gasteiger partial charge is 0.0669 e. The lowest BCUT2D eigenvalue weighted by Crippen LogP contribution is -2.18. The van der Waals surface area contributed by atoms with Crippen molar-refractivity contribution in [2.45, 2.75) is 13.0 Å². The number of rotatable bonds is 3. The van der Waals surface area contributed by atoms with Gasteiger partial charge in [0.15, 0.2) is 0 Å². The topological polar surface area (TPSA) is 27.0 Å². The molecule has 76 valence electrons. The zero-order valence-electron chi connectivity index (χ0n) is 8.69. The van der Waals surface area contributed by atoms with Gasteiger partial charge >= 0.3 is 0 Å². The van der Waals surface area contributed by atoms with E-state index in [1.807, 2.05) is 12.1 Å². The van der Waals surface area contributed by atoms with E-state index in [9.17, 15) is 0 Å². The Bertz CT molecular complexity index is 376. The summed E-state index contributed by atoms with van der Waals surface area (Å²) in [5, 5.41) is 8.55. The summed E-state index contributed by atoms with van der Waals surface area (Å²) in [4.78, 5) is 2.37. The van der Waals surface area contributed by atoms with Crippen LogP contribution in [-0.2, 0) is 13.0 Å². The molecular weight excluding hydrogens is 184 g/mol. The molecule has 1 aliphatic rings. The SMILES string of the molecule is N#CCc1ccc(CN2CC=CC2)cc1. The molecule has 2 rings (SSSR count). The molecule has 1 heterocycles. The second-order valence-corrected chi connectivity index (χ2v) is 3.82. The molecule has 0 N–H and O–H groups in total. The first-order valence-corrected chi connectivity index (χ1v) is 5.20. The second kappa shape index (κ2) is 4.77. The van der Waals surface area contributed by atoms with Crippen LogP contribution in [-0.4, -0.2) is 18.0 Å². The average molecular weight is 198 g/mol. The normalized spacial score (nSPS) is 15.4. The molecule has 0 amide bonds. The van der Waals surface area contributed by atoms with Gasteiger partial charge in [0.1, 0.15) is 0 Å². The molecule has 15 heavy (non-hydrogen) atoms. The Morgan fingerprint density at radius 2 is 1.67 bits per heavy atom. The fourth-order valence-corrected chi connectivity index (χ4v) is 1.76. The zero-order chi connectivity index (χ0) is 10.5. The van der Waals surface area contributed by atoms with E-state index < -0.39 is 0 Å². The summed E-state index contributed by atoms with van der Waals surface area (Å²) in [7, 11) is 0. The van der Waals surface area contributed by atoms with Crippen molar-refractivity contribution in [3.05, 3.63) is 47.5 Å². The van der Waals surface area contributed by atoms with Crippen LogP contribution in [0.2, 0.25) is 0 Å². The molecule has 0 aliphatic carbocycles. The molecule has 0 fully saturated rings. The maximum Gasteiger partial charge on any atom is 0.0669 e. The highest BCUT2D eigenvalue weighted by Crippen LogP contribution is 2.10. The van der Waals surface area contributed by atoms with Gasteiger partial charge in [-0.15, -0.1) is 0 Å². The zero-order valence-corrected chi connectivity index (χ0v) is 8.69. The number of hydrogen-bond acceptors (Lipinski definition) is 2. The first-order valence-electron chi connectivity index (χ1n) is 5.20. The van der Waals surface area contributed by atoms with Crippen molar-refractivity contribution in [1.82, 2.24) is 4.90 Å². The van der Waals surface area contributed by atoms with Gasteiger partial charge in [0.05, 0.1) is 12.5 Å². The van der Waals surface area contributed by atoms with Crippen molar-refractivity contribution in [2.75, 3.05) is 13.1 Å². The minimum Gasteiger partial charge on any atom is -0.292 e. The summed E-state index contributed by atoms with van der Waals surface area (Å²) in [6.07, 6.45) is 4.90. The lowest BCUT2D eigenvalue weighted by atomic mass is 10.1. The van der Waals surface area contributed by atoms with E-state index in [-0.39, 0.29) is 0 Å². The summed E-state index contributed by atoms with van der Waals surface area (Å²) in [5.74, 6) is 0. The number of hydrogen-bond donors (Lipinski definition) is 0. The third-order valence-electron chi connectivity index (χ3n) is 2.61. The van der Waals surface area contributed by atoms with Crippen LogP contribution >= 0.6 is 0 Å². The van der Waals surface area contributed by atoms with Gasteiger partial charge in [0, 0.05) is 19.6 Å². The highest BCUT2D eigenvalue weighted by Gasteiger charge is 2.06. The lowest BCUT2D eigenvalue weighted by Gasteiger charge is -2.14. The molecule has 2 nitrogen and oxygen atoms in total. The molecule has 0 spiro atoms. The number of nitriles is 1. The Morgan fingerprint density at radius 1 is 1.07 bits per heavy atom. The minimum absolute atomic E-state index is 0.506. The second-order valence-electron chi connectivity index (χ2n) is 3.82. The van der Waals surface area contributed by atoms with Crippen LogP contribution in [0, 0.1) is 11.3 Å². The first-order chi connectivity index (χ1) is 7.38. The van der Waals surface area contributed by atoms with E-state index in [4.69, 9.17) is 5.26 Å². The van der Waals surface area contributed by atoms with Crippen LogP contribution in [0.4, 0.5) is 0 Å². The van der Waals surface area contributed by atoms with Gasteiger partial charge in [0.25, 0.3) is 0 Å². The van der Waals surface area contributed by atoms with E-state index in [0.29, 0.717) is 6.42 Å². The molecule has 1 aliphatic heterocycles. The molecule has 0 radical (unpaired) electrons. The third-order valence-corrected chi connectivity index (χ3v) is 2.61. The summed E-state index contributed by atoms with van der Waals surface area (Å²) in [6.45, 7) is 3.11. The highest BCUT2D eigenvalue weighted by molar-refractivity contribution is 5.24. The Hall–Kier alpha value is -1.59. The van der Waals surface area contributed by atoms with E-state index in [0.717, 1.165) is 25.2 Å². The minimum atomic E-state index is 0.506. The molecule has 1 aromatic rings. The molecular formula is C13H14N2. The molecule has 0 bridgehead atoms. The number of nitrogens with zero attached hydrogens (tertiary/aromatic N) is 2. The molecule has 0 saturated carbocycles. The maximum atomic E-state index is 8.55. The Morgan fingerprint density at radius 3 is 2.27 bits per heavy atom. The maximum absolute atomic E-state index is 8.55. The van der Waals surface area contributed by atoms with Gasteiger partial charge in [-0.1, -0.05) is 36.4 Å². The first kappa shape index (κ1) is 9.95. The van der Waals surface area contributed by atoms with Crippen molar-refractivity contribution >= 4 is 0 Å². The fraction of sp³-hybridized carbons (Fsp3) is 0.308. The van der Waals surface area contributed by atoms with Crippen LogP contribution < -0.4 is 0 Å². The molecule has 1 aromatic carbocycles. The Kier molecular flexibility index (Phi) is 3.16. The number of benzene rings is 1. The quantitative estimate of drug-likeness (QED) is 0.696. The Labute approximate surface area is 90.4 Å². The average Bonchev–Trinajstić information content (AvgIpc) is 2.74. The van der Waals surface area contributed by atoms with Gasteiger partial charge in [-0.2, -0.15) is 5.26 Å². The predicted molar refractivity (Wildman–Crippen MR) is 60.2 cm³/mol. The largest absolute Gasteiger partial charge is 0.292 e.